The number of hydrogen-bond acceptors (Lipinski definition) is 5. The molecule has 6 nitrogen and oxygen atoms in total. The van der Waals surface area contributed by atoms with Gasteiger partial charge in [-0.05, 0) is 29.8 Å². The first-order valence-corrected chi connectivity index (χ1v) is 10.8. The van der Waals surface area contributed by atoms with Crippen LogP contribution < -0.4 is 14.8 Å². The zero-order chi connectivity index (χ0) is 21.2. The number of anilines is 1. The zero-order valence-electron chi connectivity index (χ0n) is 16.6. The second-order valence-electron chi connectivity index (χ2n) is 7.75. The Bertz CT molecular complexity index is 1260. The van der Waals surface area contributed by atoms with Gasteiger partial charge in [-0.25, -0.2) is 5.01 Å². The lowest BCUT2D eigenvalue weighted by Gasteiger charge is -2.44. The first-order valence-electron chi connectivity index (χ1n) is 10.0. The third kappa shape index (κ3) is 2.50. The Morgan fingerprint density at radius 3 is 2.81 bits per heavy atom. The summed E-state index contributed by atoms with van der Waals surface area (Å²) in [6.45, 7) is 0. The van der Waals surface area contributed by atoms with Crippen molar-refractivity contribution in [2.75, 3.05) is 12.4 Å². The summed E-state index contributed by atoms with van der Waals surface area (Å²) in [5.74, 6) is 0.917. The standard InChI is InChI=1S/C24H18BrN3O3/c1-30-21-9-5-8-16-20-13-19(14-6-3-2-4-7-14)27-28(20)24(31-22(16)21)17-12-15(25)10-11-18(17)26-23(24)29/h2-12,20H,13H2,1H3,(H,26,29)/t20-,24-/m1/s1. The number of nitrogens with zero attached hydrogens (tertiary/aromatic N) is 2. The van der Waals surface area contributed by atoms with Crippen LogP contribution in [-0.2, 0) is 10.5 Å². The Balaban J connectivity index is 1.61. The SMILES string of the molecule is COc1cccc2c1O[C@]1(C(=O)Nc3ccc(Br)cc31)N1N=C(c3ccccc3)C[C@H]21. The normalized spacial score (nSPS) is 22.9. The second kappa shape index (κ2) is 6.59. The number of para-hydroxylation sites is 1. The fraction of sp³-hybridized carbons (Fsp3) is 0.167. The van der Waals surface area contributed by atoms with E-state index >= 15 is 0 Å². The number of ether oxygens (including phenoxy) is 2. The fourth-order valence-electron chi connectivity index (χ4n) is 4.67. The molecule has 3 aromatic rings. The minimum absolute atomic E-state index is 0.162. The third-order valence-corrected chi connectivity index (χ3v) is 6.57. The van der Waals surface area contributed by atoms with Gasteiger partial charge in [-0.3, -0.25) is 4.79 Å². The van der Waals surface area contributed by atoms with Crippen LogP contribution in [0.1, 0.15) is 29.2 Å². The molecule has 3 heterocycles. The summed E-state index contributed by atoms with van der Waals surface area (Å²) in [7, 11) is 1.61. The van der Waals surface area contributed by atoms with Crippen LogP contribution in [0.25, 0.3) is 0 Å². The van der Waals surface area contributed by atoms with Crippen LogP contribution in [-0.4, -0.2) is 23.7 Å². The highest BCUT2D eigenvalue weighted by atomic mass is 79.9. The molecule has 0 bridgehead atoms. The predicted octanol–water partition coefficient (Wildman–Crippen LogP) is 4.81. The first kappa shape index (κ1) is 18.4. The maximum Gasteiger partial charge on any atom is 0.306 e. The molecule has 0 aromatic heterocycles. The van der Waals surface area contributed by atoms with Crippen LogP contribution in [0.2, 0.25) is 0 Å². The molecule has 0 fully saturated rings. The van der Waals surface area contributed by atoms with Gasteiger partial charge in [0.2, 0.25) is 0 Å². The van der Waals surface area contributed by atoms with E-state index < -0.39 is 5.72 Å². The highest BCUT2D eigenvalue weighted by molar-refractivity contribution is 9.10. The molecule has 0 unspecified atom stereocenters. The van der Waals surface area contributed by atoms with Crippen molar-refractivity contribution in [1.29, 1.82) is 0 Å². The summed E-state index contributed by atoms with van der Waals surface area (Å²) in [4.78, 5) is 13.5. The van der Waals surface area contributed by atoms with Gasteiger partial charge in [0.1, 0.15) is 0 Å². The van der Waals surface area contributed by atoms with Gasteiger partial charge in [0.05, 0.1) is 30.1 Å². The highest BCUT2D eigenvalue weighted by Crippen LogP contribution is 2.56. The molecular formula is C24H18BrN3O3. The third-order valence-electron chi connectivity index (χ3n) is 6.08. The molecule has 154 valence electrons. The number of methoxy groups -OCH3 is 1. The van der Waals surface area contributed by atoms with E-state index in [-0.39, 0.29) is 11.9 Å². The van der Waals surface area contributed by atoms with Crippen molar-refractivity contribution in [1.82, 2.24) is 5.01 Å². The number of benzene rings is 3. The average Bonchev–Trinajstić information content (AvgIpc) is 3.36. The van der Waals surface area contributed by atoms with Gasteiger partial charge in [0, 0.05) is 16.5 Å². The smallest absolute Gasteiger partial charge is 0.306 e. The van der Waals surface area contributed by atoms with Gasteiger partial charge < -0.3 is 14.8 Å². The van der Waals surface area contributed by atoms with Crippen molar-refractivity contribution in [2.24, 2.45) is 5.10 Å². The van der Waals surface area contributed by atoms with E-state index in [2.05, 4.69) is 21.2 Å². The number of rotatable bonds is 2. The fourth-order valence-corrected chi connectivity index (χ4v) is 5.03. The number of hydrogen-bond donors (Lipinski definition) is 1. The molecule has 6 rings (SSSR count). The van der Waals surface area contributed by atoms with Gasteiger partial charge in [0.15, 0.2) is 11.5 Å². The number of fused-ring (bicyclic) bond motifs is 6. The van der Waals surface area contributed by atoms with E-state index in [0.29, 0.717) is 23.6 Å². The molecule has 0 radical (unpaired) electrons. The molecule has 1 amide bonds. The quantitative estimate of drug-likeness (QED) is 0.577. The van der Waals surface area contributed by atoms with Crippen LogP contribution in [0.4, 0.5) is 5.69 Å². The molecule has 1 N–H and O–H groups in total. The molecular weight excluding hydrogens is 458 g/mol. The highest BCUT2D eigenvalue weighted by Gasteiger charge is 2.61. The molecule has 2 atom stereocenters. The van der Waals surface area contributed by atoms with Gasteiger partial charge in [-0.15, -0.1) is 0 Å². The van der Waals surface area contributed by atoms with Crippen LogP contribution >= 0.6 is 15.9 Å². The molecule has 3 aromatic carbocycles. The lowest BCUT2D eigenvalue weighted by molar-refractivity contribution is -0.161. The number of amides is 1. The molecule has 0 saturated heterocycles. The summed E-state index contributed by atoms with van der Waals surface area (Å²) < 4.78 is 13.0. The lowest BCUT2D eigenvalue weighted by Crippen LogP contribution is -2.55. The topological polar surface area (TPSA) is 63.2 Å². The number of hydrazone groups is 1. The lowest BCUT2D eigenvalue weighted by atomic mass is 9.92. The summed E-state index contributed by atoms with van der Waals surface area (Å²) in [6.07, 6.45) is 0.659. The van der Waals surface area contributed by atoms with E-state index in [1.54, 1.807) is 7.11 Å². The summed E-state index contributed by atoms with van der Waals surface area (Å²) in [6, 6.07) is 21.4. The first-order chi connectivity index (χ1) is 15.1. The van der Waals surface area contributed by atoms with Gasteiger partial charge in [-0.2, -0.15) is 5.10 Å². The Hall–Kier alpha value is -3.32. The summed E-state index contributed by atoms with van der Waals surface area (Å²) in [5, 5.41) is 9.77. The maximum atomic E-state index is 13.5. The Morgan fingerprint density at radius 2 is 2.00 bits per heavy atom. The molecule has 0 aliphatic carbocycles. The summed E-state index contributed by atoms with van der Waals surface area (Å²) >= 11 is 3.54. The predicted molar refractivity (Wildman–Crippen MR) is 120 cm³/mol. The van der Waals surface area contributed by atoms with Gasteiger partial charge in [0.25, 0.3) is 5.91 Å². The summed E-state index contributed by atoms with van der Waals surface area (Å²) in [5.41, 5.74) is 2.93. The van der Waals surface area contributed by atoms with Crippen LogP contribution in [0, 0.1) is 0 Å². The largest absolute Gasteiger partial charge is 0.493 e. The van der Waals surface area contributed by atoms with Gasteiger partial charge >= 0.3 is 5.72 Å². The van der Waals surface area contributed by atoms with E-state index in [1.807, 2.05) is 71.7 Å². The van der Waals surface area contributed by atoms with E-state index in [1.165, 1.54) is 0 Å². The molecule has 31 heavy (non-hydrogen) atoms. The molecule has 3 aliphatic rings. The van der Waals surface area contributed by atoms with Crippen LogP contribution in [0.15, 0.2) is 76.3 Å². The minimum Gasteiger partial charge on any atom is -0.493 e. The molecule has 1 spiro atoms. The van der Waals surface area contributed by atoms with Crippen molar-refractivity contribution < 1.29 is 14.3 Å². The Kier molecular flexibility index (Phi) is 3.92. The molecule has 3 aliphatic heterocycles. The zero-order valence-corrected chi connectivity index (χ0v) is 18.2. The second-order valence-corrected chi connectivity index (χ2v) is 8.66. The maximum absolute atomic E-state index is 13.5. The van der Waals surface area contributed by atoms with Gasteiger partial charge in [-0.1, -0.05) is 58.4 Å². The number of halogens is 1. The van der Waals surface area contributed by atoms with Crippen LogP contribution in [0.5, 0.6) is 11.5 Å². The Labute approximate surface area is 187 Å². The van der Waals surface area contributed by atoms with Crippen molar-refractivity contribution >= 4 is 33.2 Å². The monoisotopic (exact) mass is 475 g/mol. The molecule has 7 heteroatoms. The number of carbonyl (C=O) groups is 1. The van der Waals surface area contributed by atoms with E-state index in [9.17, 15) is 4.79 Å². The van der Waals surface area contributed by atoms with Crippen LogP contribution in [0.3, 0.4) is 0 Å². The number of nitrogens with one attached hydrogen (secondary N) is 1. The minimum atomic E-state index is -1.41. The number of carbonyl (C=O) groups excluding carboxylic acids is 1. The van der Waals surface area contributed by atoms with Crippen molar-refractivity contribution in [3.63, 3.8) is 0 Å². The van der Waals surface area contributed by atoms with Crippen molar-refractivity contribution in [3.8, 4) is 11.5 Å². The van der Waals surface area contributed by atoms with Crippen molar-refractivity contribution in [3.05, 3.63) is 87.9 Å². The van der Waals surface area contributed by atoms with E-state index in [4.69, 9.17) is 14.6 Å². The average molecular weight is 476 g/mol. The van der Waals surface area contributed by atoms with E-state index in [0.717, 1.165) is 26.9 Å². The Morgan fingerprint density at radius 1 is 1.16 bits per heavy atom. The molecule has 0 saturated carbocycles. The van der Waals surface area contributed by atoms with Crippen molar-refractivity contribution in [2.45, 2.75) is 18.2 Å².